The highest BCUT2D eigenvalue weighted by molar-refractivity contribution is 7.47. The summed E-state index contributed by atoms with van der Waals surface area (Å²) in [6.07, 6.45) is 81.2. The topological polar surface area (TPSA) is 111 Å². The number of amides is 1. The highest BCUT2D eigenvalue weighted by atomic mass is 31.2. The summed E-state index contributed by atoms with van der Waals surface area (Å²) in [7, 11) is 1.48. The molecule has 0 spiro atoms. The van der Waals surface area contributed by atoms with Gasteiger partial charge in [0.1, 0.15) is 19.3 Å². The quantitative estimate of drug-likeness (QED) is 0.0205. The van der Waals surface area contributed by atoms with Crippen LogP contribution >= 0.6 is 7.82 Å². The van der Waals surface area contributed by atoms with Gasteiger partial charge in [0.25, 0.3) is 0 Å². The van der Waals surface area contributed by atoms with E-state index in [0.29, 0.717) is 17.4 Å². The van der Waals surface area contributed by atoms with Gasteiger partial charge in [-0.2, -0.15) is 0 Å². The molecule has 0 aromatic heterocycles. The summed E-state index contributed by atoms with van der Waals surface area (Å²) in [5, 5.41) is 3.05. The molecule has 0 rings (SSSR count). The number of unbranched alkanes of at least 4 members (excludes halogenated alkanes) is 30. The summed E-state index contributed by atoms with van der Waals surface area (Å²) in [5.41, 5.74) is 0. The number of hydrogen-bond donors (Lipinski definition) is 2. The molecule has 3 unspecified atom stereocenters. The number of quaternary nitrogens is 1. The van der Waals surface area contributed by atoms with E-state index >= 15 is 0 Å². The zero-order chi connectivity index (χ0) is 59.3. The van der Waals surface area contributed by atoms with Crippen LogP contribution in [0.25, 0.3) is 0 Å². The van der Waals surface area contributed by atoms with Crippen LogP contribution in [0.4, 0.5) is 0 Å². The molecule has 0 aliphatic rings. The van der Waals surface area contributed by atoms with Crippen LogP contribution in [0.3, 0.4) is 0 Å². The standard InChI is InChI=1S/C71H127N2O7P/c1-7-10-13-16-19-22-25-28-30-32-33-34-35-36-37-38-39-40-41-42-44-46-49-52-55-58-61-64-71(75)80-69(62-59-56-53-50-47-27-24-21-18-15-12-9-3)68(67-79-81(76,77)78-66-65-73(4,5)6)72-70(74)63-60-57-54-51-48-45-43-31-29-26-23-20-17-14-11-8-2/h10,13,19,22,28,30-31,33-34,36-37,39-40,43,59,62,68-69H,7-9,11-12,14-18,20-21,23-27,29,32,35,38,41-42,44-58,60-61,63-67H2,1-6H3,(H-,72,74,76,77)/p+1/b13-10-,22-19-,30-28-,34-33-,37-36-,40-39-,43-31+,62-59-. The molecule has 0 heterocycles. The Bertz CT molecular complexity index is 1710. The number of nitrogens with one attached hydrogen (secondary N) is 1. The van der Waals surface area contributed by atoms with E-state index in [9.17, 15) is 19.0 Å². The summed E-state index contributed by atoms with van der Waals surface area (Å²) in [5.74, 6) is -0.523. The van der Waals surface area contributed by atoms with Crippen molar-refractivity contribution in [2.45, 2.75) is 303 Å². The van der Waals surface area contributed by atoms with Gasteiger partial charge < -0.3 is 19.4 Å². The van der Waals surface area contributed by atoms with Crippen LogP contribution in [0.2, 0.25) is 0 Å². The second kappa shape index (κ2) is 60.1. The number of nitrogens with zero attached hydrogens (tertiary/aromatic N) is 1. The van der Waals surface area contributed by atoms with Crippen molar-refractivity contribution < 1.29 is 37.3 Å². The summed E-state index contributed by atoms with van der Waals surface area (Å²) < 4.78 is 30.7. The van der Waals surface area contributed by atoms with Crippen molar-refractivity contribution in [3.05, 3.63) is 97.2 Å². The predicted molar refractivity (Wildman–Crippen MR) is 350 cm³/mol. The van der Waals surface area contributed by atoms with E-state index in [-0.39, 0.29) is 31.5 Å². The van der Waals surface area contributed by atoms with Gasteiger partial charge in [0.05, 0.1) is 33.8 Å². The molecule has 0 aromatic rings. The average Bonchev–Trinajstić information content (AvgIpc) is 3.44. The first-order valence-corrected chi connectivity index (χ1v) is 35.1. The van der Waals surface area contributed by atoms with Crippen molar-refractivity contribution in [1.29, 1.82) is 0 Å². The Hall–Kier alpha value is -3.07. The van der Waals surface area contributed by atoms with E-state index < -0.39 is 20.0 Å². The minimum absolute atomic E-state index is 0.0338. The van der Waals surface area contributed by atoms with E-state index in [2.05, 4.69) is 111 Å². The highest BCUT2D eigenvalue weighted by Crippen LogP contribution is 2.43. The molecule has 0 aliphatic carbocycles. The monoisotopic (exact) mass is 1150 g/mol. The second-order valence-corrected chi connectivity index (χ2v) is 25.1. The van der Waals surface area contributed by atoms with E-state index in [4.69, 9.17) is 13.8 Å². The molecule has 0 aliphatic heterocycles. The fourth-order valence-corrected chi connectivity index (χ4v) is 10.1. The third kappa shape index (κ3) is 61.3. The molecule has 9 nitrogen and oxygen atoms in total. The van der Waals surface area contributed by atoms with Crippen LogP contribution in [0.15, 0.2) is 97.2 Å². The van der Waals surface area contributed by atoms with Gasteiger partial charge in [-0.05, 0) is 109 Å². The van der Waals surface area contributed by atoms with Crippen LogP contribution in [0.5, 0.6) is 0 Å². The maximum absolute atomic E-state index is 13.6. The summed E-state index contributed by atoms with van der Waals surface area (Å²) in [4.78, 5) is 37.8. The van der Waals surface area contributed by atoms with Crippen molar-refractivity contribution in [1.82, 2.24) is 5.32 Å². The molecule has 0 aromatic carbocycles. The van der Waals surface area contributed by atoms with Gasteiger partial charge in [-0.25, -0.2) is 4.57 Å². The molecule has 1 amide bonds. The molecule has 0 saturated carbocycles. The molecule has 468 valence electrons. The van der Waals surface area contributed by atoms with Crippen molar-refractivity contribution in [3.63, 3.8) is 0 Å². The SMILES string of the molecule is CC/C=C\C/C=C\C/C=C\C/C=C\C/C=C\C/C=C\CCCCCCCCCCC(=O)OC(/C=C\CCCCCCCCCCCC)C(COP(=O)(O)OCC[N+](C)(C)C)NC(=O)CCCCCCC/C=C/CCCCCCCCC. The number of carbonyl (C=O) groups is 2. The Balaban J connectivity index is 5.13. The van der Waals surface area contributed by atoms with Crippen molar-refractivity contribution >= 4 is 19.7 Å². The zero-order valence-corrected chi connectivity index (χ0v) is 54.4. The van der Waals surface area contributed by atoms with Gasteiger partial charge in [-0.3, -0.25) is 18.6 Å². The molecule has 0 fully saturated rings. The lowest BCUT2D eigenvalue weighted by atomic mass is 10.0. The van der Waals surface area contributed by atoms with E-state index in [1.165, 1.54) is 128 Å². The van der Waals surface area contributed by atoms with E-state index in [1.54, 1.807) is 0 Å². The number of esters is 1. The Morgan fingerprint density at radius 3 is 1.20 bits per heavy atom. The lowest BCUT2D eigenvalue weighted by Gasteiger charge is -2.27. The fourth-order valence-electron chi connectivity index (χ4n) is 9.35. The molecule has 10 heteroatoms. The number of likely N-dealkylation sites (N-methyl/N-ethyl adjacent to an activating group) is 1. The average molecular weight is 1150 g/mol. The van der Waals surface area contributed by atoms with Crippen molar-refractivity contribution in [2.24, 2.45) is 0 Å². The highest BCUT2D eigenvalue weighted by Gasteiger charge is 2.30. The first-order valence-electron chi connectivity index (χ1n) is 33.6. The van der Waals surface area contributed by atoms with Gasteiger partial charge in [-0.15, -0.1) is 0 Å². The number of ether oxygens (including phenoxy) is 1. The minimum atomic E-state index is -4.46. The summed E-state index contributed by atoms with van der Waals surface area (Å²) in [6.45, 7) is 6.89. The largest absolute Gasteiger partial charge is 0.472 e. The van der Waals surface area contributed by atoms with Gasteiger partial charge in [0, 0.05) is 12.8 Å². The summed E-state index contributed by atoms with van der Waals surface area (Å²) >= 11 is 0. The number of phosphoric ester groups is 1. The van der Waals surface area contributed by atoms with Gasteiger partial charge in [0.2, 0.25) is 5.91 Å². The van der Waals surface area contributed by atoms with Crippen LogP contribution in [0, 0.1) is 0 Å². The number of phosphoric acid groups is 1. The first kappa shape index (κ1) is 77.9. The molecular formula is C71H128N2O7P+. The van der Waals surface area contributed by atoms with Crippen LogP contribution in [0.1, 0.15) is 290 Å². The minimum Gasteiger partial charge on any atom is -0.456 e. The maximum Gasteiger partial charge on any atom is 0.472 e. The molecule has 3 atom stereocenters. The Morgan fingerprint density at radius 2 is 0.790 bits per heavy atom. The van der Waals surface area contributed by atoms with E-state index in [1.807, 2.05) is 33.3 Å². The molecule has 2 N–H and O–H groups in total. The fraction of sp³-hybridized carbons (Fsp3) is 0.746. The van der Waals surface area contributed by atoms with Crippen LogP contribution < -0.4 is 5.32 Å². The first-order chi connectivity index (χ1) is 39.4. The normalized spacial score (nSPS) is 14.2. The molecule has 81 heavy (non-hydrogen) atoms. The molecule has 0 radical (unpaired) electrons. The number of rotatable bonds is 60. The smallest absolute Gasteiger partial charge is 0.456 e. The molecule has 0 saturated heterocycles. The third-order valence-corrected chi connectivity index (χ3v) is 15.5. The van der Waals surface area contributed by atoms with Gasteiger partial charge in [0.15, 0.2) is 0 Å². The van der Waals surface area contributed by atoms with Crippen molar-refractivity contribution in [2.75, 3.05) is 40.9 Å². The lowest BCUT2D eigenvalue weighted by molar-refractivity contribution is -0.870. The molecular weight excluding hydrogens is 1020 g/mol. The van der Waals surface area contributed by atoms with Crippen molar-refractivity contribution in [3.8, 4) is 0 Å². The van der Waals surface area contributed by atoms with Crippen LogP contribution in [-0.4, -0.2) is 74.3 Å². The second-order valence-electron chi connectivity index (χ2n) is 23.6. The maximum atomic E-state index is 13.6. The predicted octanol–water partition coefficient (Wildman–Crippen LogP) is 21.1. The van der Waals surface area contributed by atoms with Crippen LogP contribution in [-0.2, 0) is 27.9 Å². The molecule has 0 bridgehead atoms. The number of hydrogen-bond acceptors (Lipinski definition) is 6. The Labute approximate surface area is 500 Å². The number of carbonyl (C=O) groups excluding carboxylic acids is 2. The lowest BCUT2D eigenvalue weighted by Crippen LogP contribution is -2.47. The Kier molecular flexibility index (Phi) is 57.8. The Morgan fingerprint density at radius 1 is 0.444 bits per heavy atom. The van der Waals surface area contributed by atoms with Gasteiger partial charge in [-0.1, -0.05) is 266 Å². The zero-order valence-electron chi connectivity index (χ0n) is 53.5. The van der Waals surface area contributed by atoms with E-state index in [0.717, 1.165) is 128 Å². The number of allylic oxidation sites excluding steroid dienone is 15. The summed E-state index contributed by atoms with van der Waals surface area (Å²) in [6, 6.07) is -0.861. The third-order valence-electron chi connectivity index (χ3n) is 14.5. The van der Waals surface area contributed by atoms with Gasteiger partial charge >= 0.3 is 13.8 Å².